The van der Waals surface area contributed by atoms with Gasteiger partial charge in [-0.2, -0.15) is 0 Å². The molecule has 9 nitrogen and oxygen atoms in total. The molecular weight excluding hydrogens is 1390 g/mol. The Kier molecular flexibility index (Phi) is 12.8. The largest absolute Gasteiger partial charge is 0.456 e. The molecule has 17 aromatic carbocycles. The molecule has 1 atom stereocenters. The number of para-hydroxylation sites is 9. The van der Waals surface area contributed by atoms with E-state index in [1.165, 1.54) is 60.3 Å². The van der Waals surface area contributed by atoms with Crippen LogP contribution in [0.1, 0.15) is 0 Å². The van der Waals surface area contributed by atoms with E-state index in [2.05, 4.69) is 327 Å². The first kappa shape index (κ1) is 61.7. The van der Waals surface area contributed by atoms with Crippen molar-refractivity contribution >= 4 is 170 Å². The van der Waals surface area contributed by atoms with Crippen molar-refractivity contribution in [1.29, 1.82) is 0 Å². The van der Waals surface area contributed by atoms with E-state index in [1.807, 2.05) is 60.7 Å². The summed E-state index contributed by atoms with van der Waals surface area (Å²) in [7, 11) is -3.35. The fraction of sp³-hybridized carbons (Fsp3) is 0. The van der Waals surface area contributed by atoms with Crippen LogP contribution in [0.3, 0.4) is 0 Å². The molecule has 520 valence electrons. The van der Waals surface area contributed by atoms with E-state index >= 15 is 4.57 Å². The summed E-state index contributed by atoms with van der Waals surface area (Å²) in [5, 5.41) is 6.65. The maximum atomic E-state index is 15.8. The number of hydrogen-bond donors (Lipinski definition) is 0. The average molecular weight is 1450 g/mol. The van der Waals surface area contributed by atoms with Gasteiger partial charge in [-0.15, -0.1) is 0 Å². The first-order chi connectivity index (χ1) is 55.4. The third-order valence-electron chi connectivity index (χ3n) is 24.3. The summed E-state index contributed by atoms with van der Waals surface area (Å²) in [6, 6.07) is 131. The second-order valence-corrected chi connectivity index (χ2v) is 32.7. The van der Waals surface area contributed by atoms with Crippen molar-refractivity contribution in [2.24, 2.45) is 0 Å². The number of anilines is 12. The van der Waals surface area contributed by atoms with Crippen LogP contribution in [-0.2, 0) is 4.57 Å². The standard InChI is InChI=1S/C100H60B2N5O4P/c108-112-93-43-14-12-40-89(93)109-92-56-54-72(99(100(92)112)110-90-41-13-15-44-94(90)112)62-48-51-68(52-49-62)103-79-31-8-4-25-73(79)74-60-64(50-55-80(74)103)63-46-45-61-47-53-70(59-66(61)57-63)106-83-34-11-6-28-76(83)101-75-27-5-10-33-82(75)105(85-36-19-37-86(106)95(85)101)69-24-16-21-65(58-69)71-26-17-39-88-98(71)111-91-42-18-30-78-97(91)107(88)87-38-20-35-84-96(87)102(78)77-29-7-9-32-81(77)104(84)67-22-2-1-3-23-67/h1-60H/t112-/m1/s1. The van der Waals surface area contributed by atoms with Crippen LogP contribution < -0.4 is 82.5 Å². The first-order valence-electron chi connectivity index (χ1n) is 38.3. The number of hydrogen-bond acceptors (Lipinski definition) is 8. The maximum Gasteiger partial charge on any atom is 0.252 e. The lowest BCUT2D eigenvalue weighted by molar-refractivity contribution is 0.463. The number of aromatic nitrogens is 1. The van der Waals surface area contributed by atoms with Gasteiger partial charge in [0.15, 0.2) is 18.6 Å². The lowest BCUT2D eigenvalue weighted by Crippen LogP contribution is -2.61. The van der Waals surface area contributed by atoms with Crippen LogP contribution in [0, 0.1) is 0 Å². The molecule has 7 aliphatic rings. The molecule has 0 N–H and O–H groups in total. The summed E-state index contributed by atoms with van der Waals surface area (Å²) in [6.45, 7) is -0.0193. The minimum atomic E-state index is -3.35. The van der Waals surface area contributed by atoms with Gasteiger partial charge in [-0.3, -0.25) is 0 Å². The average Bonchev–Trinajstić information content (AvgIpc) is 0.806. The monoisotopic (exact) mass is 1450 g/mol. The van der Waals surface area contributed by atoms with Gasteiger partial charge >= 0.3 is 0 Å². The highest BCUT2D eigenvalue weighted by Crippen LogP contribution is 2.61. The van der Waals surface area contributed by atoms with Gasteiger partial charge in [-0.1, -0.05) is 200 Å². The highest BCUT2D eigenvalue weighted by atomic mass is 31.2. The topological polar surface area (TPSA) is 62.7 Å². The Morgan fingerprint density at radius 1 is 0.268 bits per heavy atom. The molecule has 7 aliphatic heterocycles. The van der Waals surface area contributed by atoms with Crippen molar-refractivity contribution in [3.8, 4) is 73.6 Å². The molecule has 0 radical (unpaired) electrons. The molecule has 0 aliphatic carbocycles. The quantitative estimate of drug-likeness (QED) is 0.116. The highest BCUT2D eigenvalue weighted by molar-refractivity contribution is 7.86. The van der Waals surface area contributed by atoms with E-state index in [0.717, 1.165) is 124 Å². The lowest BCUT2D eigenvalue weighted by atomic mass is 9.33. The number of nitrogens with zero attached hydrogens (tertiary/aromatic N) is 5. The van der Waals surface area contributed by atoms with Crippen molar-refractivity contribution in [2.45, 2.75) is 0 Å². The minimum Gasteiger partial charge on any atom is -0.456 e. The molecule has 1 aromatic heterocycles. The molecule has 0 saturated heterocycles. The fourth-order valence-electron chi connectivity index (χ4n) is 19.7. The van der Waals surface area contributed by atoms with Gasteiger partial charge in [0, 0.05) is 84.5 Å². The molecule has 0 amide bonds. The molecule has 0 spiro atoms. The maximum absolute atomic E-state index is 15.8. The Bertz CT molecular complexity index is 7230. The zero-order valence-corrected chi connectivity index (χ0v) is 61.0. The Hall–Kier alpha value is -14.2. The van der Waals surface area contributed by atoms with Crippen LogP contribution in [0.4, 0.5) is 68.2 Å². The van der Waals surface area contributed by atoms with Crippen LogP contribution >= 0.6 is 7.14 Å². The number of ether oxygens (including phenoxy) is 3. The normalized spacial score (nSPS) is 15.0. The second kappa shape index (κ2) is 23.2. The summed E-state index contributed by atoms with van der Waals surface area (Å²) in [6.07, 6.45) is 0. The van der Waals surface area contributed by atoms with Crippen molar-refractivity contribution in [3.05, 3.63) is 364 Å². The summed E-state index contributed by atoms with van der Waals surface area (Å²) >= 11 is 0. The summed E-state index contributed by atoms with van der Waals surface area (Å²) < 4.78 is 38.7. The fourth-order valence-corrected chi connectivity index (χ4v) is 22.8. The first-order valence-corrected chi connectivity index (χ1v) is 40.0. The molecule has 0 unspecified atom stereocenters. The summed E-state index contributed by atoms with van der Waals surface area (Å²) in [5.41, 5.74) is 30.5. The molecule has 112 heavy (non-hydrogen) atoms. The predicted molar refractivity (Wildman–Crippen MR) is 462 cm³/mol. The van der Waals surface area contributed by atoms with Crippen LogP contribution in [0.5, 0.6) is 34.5 Å². The third kappa shape index (κ3) is 8.52. The van der Waals surface area contributed by atoms with E-state index < -0.39 is 7.14 Å². The zero-order valence-electron chi connectivity index (χ0n) is 60.1. The molecule has 8 heterocycles. The lowest BCUT2D eigenvalue weighted by Gasteiger charge is -2.46. The molecule has 18 aromatic rings. The van der Waals surface area contributed by atoms with Crippen LogP contribution in [-0.4, -0.2) is 18.0 Å². The zero-order chi connectivity index (χ0) is 73.2. The molecule has 0 saturated carbocycles. The number of benzene rings is 17. The summed E-state index contributed by atoms with van der Waals surface area (Å²) in [5.74, 6) is 4.02. The Morgan fingerprint density at radius 3 is 1.49 bits per heavy atom. The van der Waals surface area contributed by atoms with Gasteiger partial charge in [-0.05, 0) is 230 Å². The van der Waals surface area contributed by atoms with E-state index in [-0.39, 0.29) is 13.4 Å². The van der Waals surface area contributed by atoms with Gasteiger partial charge < -0.3 is 42.9 Å². The highest BCUT2D eigenvalue weighted by Gasteiger charge is 2.50. The molecule has 0 fully saturated rings. The molecule has 0 bridgehead atoms. The Labute approximate surface area is 646 Å². The van der Waals surface area contributed by atoms with Crippen LogP contribution in [0.15, 0.2) is 364 Å². The van der Waals surface area contributed by atoms with Crippen molar-refractivity contribution in [1.82, 2.24) is 4.57 Å². The van der Waals surface area contributed by atoms with Crippen LogP contribution in [0.2, 0.25) is 0 Å². The van der Waals surface area contributed by atoms with Gasteiger partial charge in [0.2, 0.25) is 0 Å². The Morgan fingerprint density at radius 2 is 0.759 bits per heavy atom. The van der Waals surface area contributed by atoms with E-state index in [4.69, 9.17) is 14.2 Å². The van der Waals surface area contributed by atoms with Gasteiger partial charge in [-0.25, -0.2) is 0 Å². The summed E-state index contributed by atoms with van der Waals surface area (Å²) in [4.78, 5) is 9.90. The van der Waals surface area contributed by atoms with Crippen LogP contribution in [0.25, 0.3) is 71.6 Å². The second-order valence-electron chi connectivity index (χ2n) is 30.1. The van der Waals surface area contributed by atoms with Crippen molar-refractivity contribution in [3.63, 3.8) is 0 Å². The predicted octanol–water partition coefficient (Wildman–Crippen LogP) is 21.1. The van der Waals surface area contributed by atoms with E-state index in [0.29, 0.717) is 38.9 Å². The molecule has 12 heteroatoms. The number of fused-ring (bicyclic) bond motifs is 18. The van der Waals surface area contributed by atoms with Gasteiger partial charge in [0.1, 0.15) is 28.3 Å². The molecule has 25 rings (SSSR count). The smallest absolute Gasteiger partial charge is 0.252 e. The van der Waals surface area contributed by atoms with E-state index in [9.17, 15) is 0 Å². The molecular formula is C100H60B2N5O4P. The van der Waals surface area contributed by atoms with Crippen molar-refractivity contribution in [2.75, 3.05) is 19.6 Å². The van der Waals surface area contributed by atoms with Crippen molar-refractivity contribution < 1.29 is 18.8 Å². The van der Waals surface area contributed by atoms with E-state index in [1.54, 1.807) is 0 Å². The third-order valence-corrected chi connectivity index (χ3v) is 27.5. The number of rotatable bonds is 7. The Balaban J connectivity index is 0.564. The SMILES string of the molecule is O=[P@@]12c3ccccc3Oc3ccc(-c4ccc(-n5c6ccccc6c6cc(-c7ccc8ccc(N9c%10ccccc%10B%10c%11ccccc%11N(c%11cccc(-c%12cccc%13c%12Oc%12cccc%14c%12N%13c%12cccc%13c%12B%14c%12ccccc%12N%13c%12ccccc%12)c%11)c%11cccc9c%11%10)cc8c7)ccc65)cc4)c(c31)Oc1ccccc12. The van der Waals surface area contributed by atoms with Gasteiger partial charge in [0.05, 0.1) is 33.0 Å². The van der Waals surface area contributed by atoms with Gasteiger partial charge in [0.25, 0.3) is 13.4 Å². The minimum absolute atomic E-state index is 0.00712.